The van der Waals surface area contributed by atoms with Crippen LogP contribution in [0.2, 0.25) is 0 Å². The van der Waals surface area contributed by atoms with Gasteiger partial charge in [0.05, 0.1) is 17.9 Å². The topological polar surface area (TPSA) is 47.7 Å². The fourth-order valence-corrected chi connectivity index (χ4v) is 3.54. The van der Waals surface area contributed by atoms with Crippen LogP contribution in [0, 0.1) is 19.7 Å². The molecule has 0 saturated carbocycles. The van der Waals surface area contributed by atoms with Crippen molar-refractivity contribution in [2.45, 2.75) is 33.5 Å². The number of nitrogens with zero attached hydrogens (tertiary/aromatic N) is 4. The molecule has 2 aromatic heterocycles. The Morgan fingerprint density at radius 2 is 1.69 bits per heavy atom. The molecule has 0 unspecified atom stereocenters. The largest absolute Gasteiger partial charge is 0.308 e. The summed E-state index contributed by atoms with van der Waals surface area (Å²) in [5, 5.41) is 12.5. The molecule has 2 heterocycles. The molecule has 0 spiro atoms. The van der Waals surface area contributed by atoms with Crippen molar-refractivity contribution in [3.05, 3.63) is 101 Å². The summed E-state index contributed by atoms with van der Waals surface area (Å²) in [5.41, 5.74) is 6.57. The molecule has 0 aliphatic carbocycles. The number of halogens is 1. The van der Waals surface area contributed by atoms with Gasteiger partial charge < -0.3 is 5.32 Å². The molecule has 148 valence electrons. The lowest BCUT2D eigenvalue weighted by atomic mass is 10.1. The van der Waals surface area contributed by atoms with E-state index in [-0.39, 0.29) is 5.82 Å². The van der Waals surface area contributed by atoms with Crippen LogP contribution >= 0.6 is 0 Å². The third-order valence-corrected chi connectivity index (χ3v) is 5.14. The minimum Gasteiger partial charge on any atom is -0.308 e. The van der Waals surface area contributed by atoms with Gasteiger partial charge in [-0.05, 0) is 55.3 Å². The Morgan fingerprint density at radius 1 is 0.931 bits per heavy atom. The molecule has 5 nitrogen and oxygen atoms in total. The molecule has 0 amide bonds. The van der Waals surface area contributed by atoms with Crippen LogP contribution in [-0.4, -0.2) is 19.6 Å². The maximum absolute atomic E-state index is 13.2. The Kier molecular flexibility index (Phi) is 5.53. The summed E-state index contributed by atoms with van der Waals surface area (Å²) in [6.45, 7) is 6.29. The summed E-state index contributed by atoms with van der Waals surface area (Å²) in [6.07, 6.45) is 3.77. The highest BCUT2D eigenvalue weighted by Gasteiger charge is 2.13. The molecule has 0 atom stereocenters. The molecule has 4 rings (SSSR count). The van der Waals surface area contributed by atoms with E-state index in [1.807, 2.05) is 35.5 Å². The van der Waals surface area contributed by atoms with Gasteiger partial charge in [0.15, 0.2) is 0 Å². The number of rotatable bonds is 7. The molecular formula is C23H24FN5. The van der Waals surface area contributed by atoms with E-state index < -0.39 is 0 Å². The molecule has 0 aliphatic rings. The minimum absolute atomic E-state index is 0.244. The van der Waals surface area contributed by atoms with Crippen molar-refractivity contribution >= 4 is 0 Å². The molecule has 29 heavy (non-hydrogen) atoms. The smallest absolute Gasteiger partial charge is 0.123 e. The fraction of sp³-hybridized carbons (Fsp3) is 0.217. The summed E-state index contributed by atoms with van der Waals surface area (Å²) in [7, 11) is 0. The van der Waals surface area contributed by atoms with Crippen molar-refractivity contribution < 1.29 is 4.39 Å². The quantitative estimate of drug-likeness (QED) is 0.516. The number of aryl methyl sites for hydroxylation is 1. The van der Waals surface area contributed by atoms with Crippen LogP contribution in [0.3, 0.4) is 0 Å². The maximum atomic E-state index is 13.2. The van der Waals surface area contributed by atoms with Gasteiger partial charge in [0, 0.05) is 36.7 Å². The summed E-state index contributed by atoms with van der Waals surface area (Å²) >= 11 is 0. The predicted octanol–water partition coefficient (Wildman–Crippen LogP) is 4.16. The van der Waals surface area contributed by atoms with E-state index in [1.165, 1.54) is 28.8 Å². The molecule has 0 saturated heterocycles. The Labute approximate surface area is 169 Å². The van der Waals surface area contributed by atoms with Crippen LogP contribution in [0.25, 0.3) is 5.69 Å². The van der Waals surface area contributed by atoms with E-state index in [1.54, 1.807) is 18.3 Å². The number of hydrogen-bond donors (Lipinski definition) is 1. The normalized spacial score (nSPS) is 11.1. The molecule has 0 aliphatic heterocycles. The zero-order chi connectivity index (χ0) is 20.2. The van der Waals surface area contributed by atoms with Gasteiger partial charge in [-0.3, -0.25) is 4.68 Å². The van der Waals surface area contributed by atoms with Gasteiger partial charge in [-0.1, -0.05) is 24.3 Å². The van der Waals surface area contributed by atoms with Crippen molar-refractivity contribution in [1.82, 2.24) is 24.9 Å². The van der Waals surface area contributed by atoms with E-state index in [0.717, 1.165) is 36.7 Å². The monoisotopic (exact) mass is 389 g/mol. The SMILES string of the molecule is Cc1nn(-c2ccc(F)cc2)c(C)c1CNCc1ccccc1Cn1cccn1. The first-order valence-electron chi connectivity index (χ1n) is 9.68. The summed E-state index contributed by atoms with van der Waals surface area (Å²) in [4.78, 5) is 0. The third kappa shape index (κ3) is 4.27. The highest BCUT2D eigenvalue weighted by atomic mass is 19.1. The molecule has 2 aromatic carbocycles. The van der Waals surface area contributed by atoms with Gasteiger partial charge in [0.2, 0.25) is 0 Å². The summed E-state index contributed by atoms with van der Waals surface area (Å²) in [5.74, 6) is -0.244. The van der Waals surface area contributed by atoms with Crippen molar-refractivity contribution in [2.75, 3.05) is 0 Å². The van der Waals surface area contributed by atoms with Crippen molar-refractivity contribution in [1.29, 1.82) is 0 Å². The molecule has 0 fully saturated rings. The lowest BCUT2D eigenvalue weighted by molar-refractivity contribution is 0.626. The number of benzene rings is 2. The molecule has 6 heteroatoms. The predicted molar refractivity (Wildman–Crippen MR) is 111 cm³/mol. The molecule has 0 bridgehead atoms. The summed E-state index contributed by atoms with van der Waals surface area (Å²) < 4.78 is 17.0. The van der Waals surface area contributed by atoms with Gasteiger partial charge >= 0.3 is 0 Å². The Bertz CT molecular complexity index is 1080. The molecule has 1 N–H and O–H groups in total. The highest BCUT2D eigenvalue weighted by Crippen LogP contribution is 2.19. The molecule has 0 radical (unpaired) electrons. The van der Waals surface area contributed by atoms with Gasteiger partial charge in [0.25, 0.3) is 0 Å². The molecule has 4 aromatic rings. The molecular weight excluding hydrogens is 365 g/mol. The van der Waals surface area contributed by atoms with Crippen LogP contribution in [0.15, 0.2) is 67.0 Å². The Morgan fingerprint density at radius 3 is 2.41 bits per heavy atom. The van der Waals surface area contributed by atoms with Gasteiger partial charge in [0.1, 0.15) is 5.82 Å². The third-order valence-electron chi connectivity index (χ3n) is 5.14. The lowest BCUT2D eigenvalue weighted by Gasteiger charge is -2.11. The van der Waals surface area contributed by atoms with E-state index in [2.05, 4.69) is 39.8 Å². The Hall–Kier alpha value is -3.25. The zero-order valence-electron chi connectivity index (χ0n) is 16.6. The first-order valence-corrected chi connectivity index (χ1v) is 9.68. The van der Waals surface area contributed by atoms with E-state index >= 15 is 0 Å². The van der Waals surface area contributed by atoms with Crippen LogP contribution in [-0.2, 0) is 19.6 Å². The van der Waals surface area contributed by atoms with Crippen molar-refractivity contribution in [3.63, 3.8) is 0 Å². The van der Waals surface area contributed by atoms with Crippen molar-refractivity contribution in [3.8, 4) is 5.69 Å². The highest BCUT2D eigenvalue weighted by molar-refractivity contribution is 5.37. The number of aromatic nitrogens is 4. The average Bonchev–Trinajstić information content (AvgIpc) is 3.33. The first-order chi connectivity index (χ1) is 14.1. The Balaban J connectivity index is 1.46. The second-order valence-electron chi connectivity index (χ2n) is 7.11. The fourth-order valence-electron chi connectivity index (χ4n) is 3.54. The van der Waals surface area contributed by atoms with Gasteiger partial charge in [-0.15, -0.1) is 0 Å². The standard InChI is InChI=1S/C23H24FN5/c1-17-23(18(2)29(27-17)22-10-8-21(24)9-11-22)15-25-14-19-6-3-4-7-20(19)16-28-13-5-12-26-28/h3-13,25H,14-16H2,1-2H3. The first kappa shape index (κ1) is 19.1. The minimum atomic E-state index is -0.244. The summed E-state index contributed by atoms with van der Waals surface area (Å²) in [6, 6.07) is 16.8. The van der Waals surface area contributed by atoms with Crippen LogP contribution < -0.4 is 5.32 Å². The zero-order valence-corrected chi connectivity index (χ0v) is 16.6. The van der Waals surface area contributed by atoms with Crippen LogP contribution in [0.1, 0.15) is 28.1 Å². The lowest BCUT2D eigenvalue weighted by Crippen LogP contribution is -2.16. The van der Waals surface area contributed by atoms with Gasteiger partial charge in [-0.2, -0.15) is 10.2 Å². The van der Waals surface area contributed by atoms with Gasteiger partial charge in [-0.25, -0.2) is 9.07 Å². The van der Waals surface area contributed by atoms with E-state index in [0.29, 0.717) is 0 Å². The maximum Gasteiger partial charge on any atom is 0.123 e. The second-order valence-corrected chi connectivity index (χ2v) is 7.11. The van der Waals surface area contributed by atoms with Crippen LogP contribution in [0.5, 0.6) is 0 Å². The van der Waals surface area contributed by atoms with E-state index in [9.17, 15) is 4.39 Å². The second kappa shape index (κ2) is 8.41. The number of hydrogen-bond acceptors (Lipinski definition) is 3. The van der Waals surface area contributed by atoms with E-state index in [4.69, 9.17) is 0 Å². The van der Waals surface area contributed by atoms with Crippen LogP contribution in [0.4, 0.5) is 4.39 Å². The average molecular weight is 389 g/mol. The van der Waals surface area contributed by atoms with Crippen molar-refractivity contribution in [2.24, 2.45) is 0 Å². The number of nitrogens with one attached hydrogen (secondary N) is 1.